The molecule has 0 unspecified atom stereocenters. The average Bonchev–Trinajstić information content (AvgIpc) is 2.56. The van der Waals surface area contributed by atoms with Crippen LogP contribution in [-0.4, -0.2) is 15.1 Å². The van der Waals surface area contributed by atoms with Gasteiger partial charge in [0, 0.05) is 57.3 Å². The predicted molar refractivity (Wildman–Crippen MR) is 88.0 cm³/mol. The van der Waals surface area contributed by atoms with Crippen LogP contribution in [0.2, 0.25) is 0 Å². The fourth-order valence-corrected chi connectivity index (χ4v) is 2.18. The summed E-state index contributed by atoms with van der Waals surface area (Å²) >= 11 is 0. The van der Waals surface area contributed by atoms with E-state index in [4.69, 9.17) is 0 Å². The standard InChI is InChI=1S/2C9H7NO.2Cu/c11-8-5-1-3-7-4-2-6-10-9(7)8;11-9-6-5-7-3-1-2-4-8(7)10-9;;/h1-6,11H;1-6H,(H,10,11);;. The maximum Gasteiger partial charge on any atom is 0.248 e. The molecule has 2 aromatic carbocycles. The largest absolute Gasteiger partial charge is 0.506 e. The Hall–Kier alpha value is -2.10. The van der Waals surface area contributed by atoms with E-state index in [1.807, 2.05) is 48.5 Å². The van der Waals surface area contributed by atoms with E-state index in [9.17, 15) is 9.90 Å². The zero-order chi connectivity index (χ0) is 15.4. The molecule has 2 radical (unpaired) electrons. The van der Waals surface area contributed by atoms with E-state index in [0.717, 1.165) is 16.3 Å². The first kappa shape index (κ1) is 19.9. The van der Waals surface area contributed by atoms with Crippen LogP contribution >= 0.6 is 0 Å². The number of benzene rings is 2. The van der Waals surface area contributed by atoms with Crippen LogP contribution < -0.4 is 5.56 Å². The van der Waals surface area contributed by atoms with Gasteiger partial charge < -0.3 is 10.1 Å². The van der Waals surface area contributed by atoms with Gasteiger partial charge in [0.25, 0.3) is 0 Å². The van der Waals surface area contributed by atoms with E-state index in [1.165, 1.54) is 6.07 Å². The number of H-pyrrole nitrogens is 1. The fourth-order valence-electron chi connectivity index (χ4n) is 2.18. The first-order valence-electron chi connectivity index (χ1n) is 6.85. The van der Waals surface area contributed by atoms with E-state index in [2.05, 4.69) is 9.97 Å². The molecule has 130 valence electrons. The Balaban J connectivity index is 0.000000222. The maximum atomic E-state index is 10.8. The van der Waals surface area contributed by atoms with E-state index in [1.54, 1.807) is 18.3 Å². The Morgan fingerprint density at radius 1 is 0.792 bits per heavy atom. The van der Waals surface area contributed by atoms with Crippen molar-refractivity contribution in [2.24, 2.45) is 0 Å². The third-order valence-electron chi connectivity index (χ3n) is 3.24. The molecule has 0 fully saturated rings. The van der Waals surface area contributed by atoms with Crippen molar-refractivity contribution >= 4 is 21.8 Å². The third kappa shape index (κ3) is 4.70. The zero-order valence-corrected chi connectivity index (χ0v) is 14.2. The van der Waals surface area contributed by atoms with Crippen LogP contribution in [0.4, 0.5) is 0 Å². The molecule has 4 aromatic rings. The molecule has 0 bridgehead atoms. The number of hydrogen-bond acceptors (Lipinski definition) is 3. The van der Waals surface area contributed by atoms with Gasteiger partial charge in [0.2, 0.25) is 5.56 Å². The van der Waals surface area contributed by atoms with Gasteiger partial charge in [-0.05, 0) is 29.7 Å². The second-order valence-electron chi connectivity index (χ2n) is 4.76. The molecule has 24 heavy (non-hydrogen) atoms. The van der Waals surface area contributed by atoms with Crippen molar-refractivity contribution in [2.45, 2.75) is 0 Å². The number of aromatic hydroxyl groups is 1. The minimum atomic E-state index is -0.0521. The second-order valence-corrected chi connectivity index (χ2v) is 4.76. The Labute approximate surface area is 159 Å². The molecule has 0 saturated heterocycles. The number of nitrogens with zero attached hydrogens (tertiary/aromatic N) is 1. The number of fused-ring (bicyclic) bond motifs is 2. The van der Waals surface area contributed by atoms with Crippen LogP contribution in [0.15, 0.2) is 77.7 Å². The van der Waals surface area contributed by atoms with Crippen molar-refractivity contribution in [1.29, 1.82) is 0 Å². The van der Waals surface area contributed by atoms with E-state index in [0.29, 0.717) is 5.52 Å². The number of aromatic nitrogens is 2. The molecule has 2 N–H and O–H groups in total. The van der Waals surface area contributed by atoms with Crippen molar-refractivity contribution in [1.82, 2.24) is 9.97 Å². The van der Waals surface area contributed by atoms with Gasteiger partial charge in [-0.2, -0.15) is 0 Å². The molecule has 2 heterocycles. The van der Waals surface area contributed by atoms with Gasteiger partial charge in [0.05, 0.1) is 0 Å². The minimum Gasteiger partial charge on any atom is -0.506 e. The minimum absolute atomic E-state index is 0. The number of hydrogen-bond donors (Lipinski definition) is 2. The van der Waals surface area contributed by atoms with E-state index >= 15 is 0 Å². The molecular weight excluding hydrogens is 403 g/mol. The molecule has 0 amide bonds. The normalized spacial score (nSPS) is 9.33. The Morgan fingerprint density at radius 3 is 2.29 bits per heavy atom. The van der Waals surface area contributed by atoms with Crippen molar-refractivity contribution < 1.29 is 39.2 Å². The number of rotatable bonds is 0. The van der Waals surface area contributed by atoms with Gasteiger partial charge >= 0.3 is 0 Å². The first-order valence-corrected chi connectivity index (χ1v) is 6.85. The summed E-state index contributed by atoms with van der Waals surface area (Å²) in [5.41, 5.74) is 1.50. The molecule has 0 spiro atoms. The second kappa shape index (κ2) is 9.26. The number of phenols is 1. The molecular formula is C18H14Cu2N2O2. The van der Waals surface area contributed by atoms with Crippen LogP contribution in [0.25, 0.3) is 21.8 Å². The number of phenolic OH excluding ortho intramolecular Hbond substituents is 1. The summed E-state index contributed by atoms with van der Waals surface area (Å²) in [4.78, 5) is 17.6. The molecule has 0 atom stereocenters. The Kier molecular flexibility index (Phi) is 7.69. The number of para-hydroxylation sites is 2. The van der Waals surface area contributed by atoms with Crippen molar-refractivity contribution in [3.63, 3.8) is 0 Å². The van der Waals surface area contributed by atoms with Gasteiger partial charge in [0.15, 0.2) is 0 Å². The van der Waals surface area contributed by atoms with Gasteiger partial charge in [-0.3, -0.25) is 9.78 Å². The number of nitrogens with one attached hydrogen (secondary N) is 1. The molecule has 6 heteroatoms. The summed E-state index contributed by atoms with van der Waals surface area (Å²) in [6, 6.07) is 20.2. The third-order valence-corrected chi connectivity index (χ3v) is 3.24. The van der Waals surface area contributed by atoms with Crippen molar-refractivity contribution in [2.75, 3.05) is 0 Å². The number of pyridine rings is 2. The monoisotopic (exact) mass is 416 g/mol. The molecule has 4 nitrogen and oxygen atoms in total. The van der Waals surface area contributed by atoms with Crippen LogP contribution in [0, 0.1) is 0 Å². The predicted octanol–water partition coefficient (Wildman–Crippen LogP) is 3.46. The summed E-state index contributed by atoms with van der Waals surface area (Å²) in [7, 11) is 0. The molecule has 0 aliphatic heterocycles. The molecule has 0 aliphatic carbocycles. The summed E-state index contributed by atoms with van der Waals surface area (Å²) in [6.07, 6.45) is 1.67. The molecule has 0 saturated carbocycles. The van der Waals surface area contributed by atoms with Crippen LogP contribution in [0.5, 0.6) is 5.75 Å². The van der Waals surface area contributed by atoms with Crippen LogP contribution in [0.1, 0.15) is 0 Å². The average molecular weight is 417 g/mol. The first-order chi connectivity index (χ1) is 10.7. The van der Waals surface area contributed by atoms with Crippen LogP contribution in [0.3, 0.4) is 0 Å². The smallest absolute Gasteiger partial charge is 0.248 e. The van der Waals surface area contributed by atoms with Crippen LogP contribution in [-0.2, 0) is 34.1 Å². The summed E-state index contributed by atoms with van der Waals surface area (Å²) < 4.78 is 0. The molecule has 0 aliphatic rings. The van der Waals surface area contributed by atoms with Gasteiger partial charge in [-0.25, -0.2) is 0 Å². The Morgan fingerprint density at radius 2 is 1.50 bits per heavy atom. The SMILES string of the molecule is O=c1ccc2ccccc2[nH]1.Oc1cccc2cccnc12.[Cu].[Cu]. The van der Waals surface area contributed by atoms with Gasteiger partial charge in [-0.1, -0.05) is 36.4 Å². The van der Waals surface area contributed by atoms with E-state index < -0.39 is 0 Å². The Bertz CT molecular complexity index is 981. The zero-order valence-electron chi connectivity index (χ0n) is 12.3. The van der Waals surface area contributed by atoms with Gasteiger partial charge in [0.1, 0.15) is 11.3 Å². The summed E-state index contributed by atoms with van der Waals surface area (Å²) in [5, 5.41) is 11.3. The number of aromatic amines is 1. The molecule has 2 aromatic heterocycles. The molecule has 4 rings (SSSR count). The summed E-state index contributed by atoms with van der Waals surface area (Å²) in [6.45, 7) is 0. The van der Waals surface area contributed by atoms with E-state index in [-0.39, 0.29) is 45.4 Å². The maximum absolute atomic E-state index is 10.8. The quantitative estimate of drug-likeness (QED) is 0.431. The van der Waals surface area contributed by atoms with Crippen molar-refractivity contribution in [3.05, 3.63) is 83.3 Å². The topological polar surface area (TPSA) is 66.0 Å². The summed E-state index contributed by atoms with van der Waals surface area (Å²) in [5.74, 6) is 0.239. The van der Waals surface area contributed by atoms with Gasteiger partial charge in [-0.15, -0.1) is 0 Å². The van der Waals surface area contributed by atoms with Crippen molar-refractivity contribution in [3.8, 4) is 5.75 Å². The fraction of sp³-hybridized carbons (Fsp3) is 0.